The molecule has 0 radical (unpaired) electrons. The second-order valence-corrected chi connectivity index (χ2v) is 6.00. The molecule has 2 aromatic rings. The third-order valence-electron chi connectivity index (χ3n) is 3.51. The van der Waals surface area contributed by atoms with Gasteiger partial charge in [-0.2, -0.15) is 4.80 Å². The fourth-order valence-corrected chi connectivity index (χ4v) is 2.18. The number of aliphatic carboxylic acids is 1. The van der Waals surface area contributed by atoms with Gasteiger partial charge in [0.1, 0.15) is 12.1 Å². The van der Waals surface area contributed by atoms with Crippen LogP contribution in [0.3, 0.4) is 0 Å². The number of carboxylic acids is 1. The fourth-order valence-electron chi connectivity index (χ4n) is 2.18. The normalized spacial score (nSPS) is 13.5. The molecule has 0 spiro atoms. The molecule has 1 aromatic carbocycles. The summed E-state index contributed by atoms with van der Waals surface area (Å²) in [5.74, 6) is -0.955. The lowest BCUT2D eigenvalue weighted by Crippen LogP contribution is -2.44. The van der Waals surface area contributed by atoms with E-state index in [1.807, 2.05) is 44.2 Å². The number of amides is 1. The van der Waals surface area contributed by atoms with Crippen molar-refractivity contribution >= 4 is 11.9 Å². The van der Waals surface area contributed by atoms with Crippen molar-refractivity contribution in [1.29, 1.82) is 0 Å². The Hall–Kier alpha value is -2.77. The number of carbonyl (C=O) groups excluding carboxylic acids is 1. The van der Waals surface area contributed by atoms with Gasteiger partial charge in [0.05, 0.1) is 0 Å². The Morgan fingerprint density at radius 1 is 1.21 bits per heavy atom. The summed E-state index contributed by atoms with van der Waals surface area (Å²) < 4.78 is 0. The number of hydrogen-bond acceptors (Lipinski definition) is 5. The van der Waals surface area contributed by atoms with Crippen molar-refractivity contribution < 1.29 is 14.7 Å². The molecular formula is C16H21N5O3. The third kappa shape index (κ3) is 4.37. The highest BCUT2D eigenvalue weighted by Crippen LogP contribution is 2.14. The summed E-state index contributed by atoms with van der Waals surface area (Å²) in [6.45, 7) is 5.40. The van der Waals surface area contributed by atoms with Gasteiger partial charge in [-0.3, -0.25) is 4.79 Å². The van der Waals surface area contributed by atoms with Gasteiger partial charge in [0, 0.05) is 5.56 Å². The van der Waals surface area contributed by atoms with E-state index in [1.54, 1.807) is 6.92 Å². The Kier molecular flexibility index (Phi) is 5.62. The average Bonchev–Trinajstić information content (AvgIpc) is 3.03. The van der Waals surface area contributed by atoms with E-state index in [4.69, 9.17) is 0 Å². The maximum atomic E-state index is 12.3. The molecule has 0 aliphatic rings. The molecule has 0 fully saturated rings. The van der Waals surface area contributed by atoms with Gasteiger partial charge in [0.15, 0.2) is 0 Å². The topological polar surface area (TPSA) is 110 Å². The molecule has 0 bridgehead atoms. The molecule has 2 atom stereocenters. The lowest BCUT2D eigenvalue weighted by Gasteiger charge is -2.18. The summed E-state index contributed by atoms with van der Waals surface area (Å²) in [7, 11) is 0. The zero-order valence-electron chi connectivity index (χ0n) is 13.9. The maximum absolute atomic E-state index is 12.3. The van der Waals surface area contributed by atoms with E-state index in [1.165, 1.54) is 4.80 Å². The number of tetrazole rings is 1. The second-order valence-electron chi connectivity index (χ2n) is 6.00. The Bertz CT molecular complexity index is 699. The molecule has 0 aliphatic heterocycles. The maximum Gasteiger partial charge on any atom is 0.326 e. The molecule has 0 saturated heterocycles. The second kappa shape index (κ2) is 7.67. The molecule has 1 amide bonds. The van der Waals surface area contributed by atoms with Gasteiger partial charge < -0.3 is 10.4 Å². The molecule has 2 rings (SSSR count). The molecular weight excluding hydrogens is 310 g/mol. The molecule has 128 valence electrons. The molecule has 0 aliphatic carbocycles. The van der Waals surface area contributed by atoms with Gasteiger partial charge in [-0.1, -0.05) is 44.2 Å². The van der Waals surface area contributed by atoms with Crippen LogP contribution in [-0.4, -0.2) is 43.2 Å². The number of benzene rings is 1. The number of carbonyl (C=O) groups is 2. The summed E-state index contributed by atoms with van der Waals surface area (Å²) in [5, 5.41) is 23.8. The van der Waals surface area contributed by atoms with Crippen molar-refractivity contribution in [3.8, 4) is 11.4 Å². The zero-order chi connectivity index (χ0) is 17.7. The summed E-state index contributed by atoms with van der Waals surface area (Å²) in [6.07, 6.45) is 0.355. The van der Waals surface area contributed by atoms with E-state index >= 15 is 0 Å². The zero-order valence-corrected chi connectivity index (χ0v) is 13.9. The van der Waals surface area contributed by atoms with Crippen molar-refractivity contribution in [2.45, 2.75) is 39.3 Å². The molecule has 0 saturated carbocycles. The van der Waals surface area contributed by atoms with E-state index in [9.17, 15) is 14.7 Å². The van der Waals surface area contributed by atoms with Crippen LogP contribution in [0.2, 0.25) is 0 Å². The van der Waals surface area contributed by atoms with E-state index in [-0.39, 0.29) is 5.92 Å². The number of carboxylic acid groups (broad SMARTS) is 1. The number of rotatable bonds is 7. The first kappa shape index (κ1) is 17.6. The Morgan fingerprint density at radius 3 is 2.46 bits per heavy atom. The SMILES string of the molecule is CC(C)C[C@@H](NC(=O)C(C)n1nnc(-c2ccccc2)n1)C(=O)O. The highest BCUT2D eigenvalue weighted by Gasteiger charge is 2.26. The first-order valence-corrected chi connectivity index (χ1v) is 7.76. The standard InChI is InChI=1S/C16H21N5O3/c1-10(2)9-13(16(23)24)17-15(22)11(3)21-19-14(18-20-21)12-7-5-4-6-8-12/h4-8,10-11,13H,9H2,1-3H3,(H,17,22)(H,23,24)/t11?,13-/m1/s1. The minimum atomic E-state index is -1.05. The molecule has 1 unspecified atom stereocenters. The molecule has 8 nitrogen and oxygen atoms in total. The number of aromatic nitrogens is 4. The fraction of sp³-hybridized carbons (Fsp3) is 0.438. The van der Waals surface area contributed by atoms with Crippen LogP contribution in [0.4, 0.5) is 0 Å². The van der Waals surface area contributed by atoms with Crippen LogP contribution >= 0.6 is 0 Å². The van der Waals surface area contributed by atoms with Gasteiger partial charge in [0.2, 0.25) is 11.7 Å². The predicted molar refractivity (Wildman–Crippen MR) is 87.0 cm³/mol. The van der Waals surface area contributed by atoms with Crippen LogP contribution in [0.1, 0.15) is 33.2 Å². The average molecular weight is 331 g/mol. The first-order valence-electron chi connectivity index (χ1n) is 7.76. The van der Waals surface area contributed by atoms with Gasteiger partial charge in [-0.15, -0.1) is 10.2 Å². The van der Waals surface area contributed by atoms with Crippen LogP contribution in [0, 0.1) is 5.92 Å². The Morgan fingerprint density at radius 2 is 1.88 bits per heavy atom. The highest BCUT2D eigenvalue weighted by atomic mass is 16.4. The largest absolute Gasteiger partial charge is 0.480 e. The van der Waals surface area contributed by atoms with Crippen molar-refractivity contribution in [2.24, 2.45) is 5.92 Å². The van der Waals surface area contributed by atoms with E-state index in [0.29, 0.717) is 12.2 Å². The van der Waals surface area contributed by atoms with Gasteiger partial charge in [-0.05, 0) is 24.5 Å². The lowest BCUT2D eigenvalue weighted by atomic mass is 10.0. The van der Waals surface area contributed by atoms with Gasteiger partial charge in [-0.25, -0.2) is 4.79 Å². The van der Waals surface area contributed by atoms with E-state index in [0.717, 1.165) is 5.56 Å². The van der Waals surface area contributed by atoms with Crippen molar-refractivity contribution in [1.82, 2.24) is 25.5 Å². The summed E-state index contributed by atoms with van der Waals surface area (Å²) in [6, 6.07) is 7.58. The van der Waals surface area contributed by atoms with Crippen LogP contribution in [-0.2, 0) is 9.59 Å². The quantitative estimate of drug-likeness (QED) is 0.796. The van der Waals surface area contributed by atoms with Gasteiger partial charge >= 0.3 is 5.97 Å². The Balaban J connectivity index is 2.08. The summed E-state index contributed by atoms with van der Waals surface area (Å²) >= 11 is 0. The van der Waals surface area contributed by atoms with E-state index in [2.05, 4.69) is 20.7 Å². The van der Waals surface area contributed by atoms with Crippen LogP contribution in [0.15, 0.2) is 30.3 Å². The van der Waals surface area contributed by atoms with Gasteiger partial charge in [0.25, 0.3) is 0 Å². The van der Waals surface area contributed by atoms with Crippen LogP contribution < -0.4 is 5.32 Å². The molecule has 1 heterocycles. The number of nitrogens with one attached hydrogen (secondary N) is 1. The minimum Gasteiger partial charge on any atom is -0.480 e. The summed E-state index contributed by atoms with van der Waals surface area (Å²) in [5.41, 5.74) is 0.791. The van der Waals surface area contributed by atoms with Crippen molar-refractivity contribution in [3.05, 3.63) is 30.3 Å². The smallest absolute Gasteiger partial charge is 0.326 e. The first-order chi connectivity index (χ1) is 11.4. The third-order valence-corrected chi connectivity index (χ3v) is 3.51. The monoisotopic (exact) mass is 331 g/mol. The lowest BCUT2D eigenvalue weighted by molar-refractivity contribution is -0.142. The minimum absolute atomic E-state index is 0.149. The molecule has 2 N–H and O–H groups in total. The van der Waals surface area contributed by atoms with E-state index < -0.39 is 24.0 Å². The predicted octanol–water partition coefficient (Wildman–Crippen LogP) is 1.52. The highest BCUT2D eigenvalue weighted by molar-refractivity contribution is 5.85. The van der Waals surface area contributed by atoms with Crippen LogP contribution in [0.25, 0.3) is 11.4 Å². The number of hydrogen-bond donors (Lipinski definition) is 2. The Labute approximate surface area is 139 Å². The van der Waals surface area contributed by atoms with Crippen LogP contribution in [0.5, 0.6) is 0 Å². The molecule has 1 aromatic heterocycles. The molecule has 8 heteroatoms. The molecule has 24 heavy (non-hydrogen) atoms. The van der Waals surface area contributed by atoms with Crippen molar-refractivity contribution in [2.75, 3.05) is 0 Å². The number of nitrogens with zero attached hydrogens (tertiary/aromatic N) is 4. The van der Waals surface area contributed by atoms with Crippen molar-refractivity contribution in [3.63, 3.8) is 0 Å². The summed E-state index contributed by atoms with van der Waals surface area (Å²) in [4.78, 5) is 24.7.